The second kappa shape index (κ2) is 14.9. The number of nitrogens with one attached hydrogen (secondary N) is 2. The predicted octanol–water partition coefficient (Wildman–Crippen LogP) is 4.15. The van der Waals surface area contributed by atoms with Crippen LogP contribution in [0.1, 0.15) is 23.2 Å². The molecule has 2 rings (SSSR count). The van der Waals surface area contributed by atoms with Crippen LogP contribution in [0.25, 0.3) is 0 Å². The summed E-state index contributed by atoms with van der Waals surface area (Å²) in [6.45, 7) is 4.27. The molecule has 0 radical (unpaired) electrons. The molecule has 0 saturated carbocycles. The van der Waals surface area contributed by atoms with Gasteiger partial charge in [-0.2, -0.15) is 0 Å². The van der Waals surface area contributed by atoms with Gasteiger partial charge in [-0.1, -0.05) is 82.3 Å². The number of likely N-dealkylation sites (N-methyl/N-ethyl adjacent to an activating group) is 4. The summed E-state index contributed by atoms with van der Waals surface area (Å²) in [6, 6.07) is 22.2. The monoisotopic (exact) mass is 446 g/mol. The first kappa shape index (κ1) is 25.2. The van der Waals surface area contributed by atoms with Gasteiger partial charge >= 0.3 is 0 Å². The molecule has 2 aromatic carbocycles. The van der Waals surface area contributed by atoms with Gasteiger partial charge in [0.15, 0.2) is 0 Å². The molecule has 2 atom stereocenters. The lowest BCUT2D eigenvalue weighted by molar-refractivity contribution is 0.313. The standard InChI is InChI=1S/C24H38N4S2/c1-25-23(21-11-7-5-8-12-21)19-27(3)15-17-29-30-18-16-28(4)20-24(26-2)22-13-9-6-10-14-22/h5-14,23-26H,15-20H2,1-4H3. The van der Waals surface area contributed by atoms with Crippen LogP contribution in [0.15, 0.2) is 60.7 Å². The molecule has 6 heteroatoms. The molecule has 0 aliphatic rings. The molecular weight excluding hydrogens is 408 g/mol. The van der Waals surface area contributed by atoms with Crippen LogP contribution in [0.3, 0.4) is 0 Å². The van der Waals surface area contributed by atoms with E-state index in [1.54, 1.807) is 0 Å². The van der Waals surface area contributed by atoms with Crippen LogP contribution in [0.4, 0.5) is 0 Å². The zero-order valence-corrected chi connectivity index (χ0v) is 20.5. The van der Waals surface area contributed by atoms with Crippen LogP contribution in [-0.4, -0.2) is 75.7 Å². The first-order valence-corrected chi connectivity index (χ1v) is 13.2. The minimum atomic E-state index is 0.382. The summed E-state index contributed by atoms with van der Waals surface area (Å²) in [6.07, 6.45) is 0. The van der Waals surface area contributed by atoms with Gasteiger partial charge < -0.3 is 20.4 Å². The van der Waals surface area contributed by atoms with Crippen LogP contribution in [0.5, 0.6) is 0 Å². The number of hydrogen-bond acceptors (Lipinski definition) is 6. The van der Waals surface area contributed by atoms with Gasteiger partial charge in [-0.25, -0.2) is 0 Å². The van der Waals surface area contributed by atoms with Crippen molar-refractivity contribution in [3.8, 4) is 0 Å². The Kier molecular flexibility index (Phi) is 12.5. The van der Waals surface area contributed by atoms with Crippen LogP contribution in [-0.2, 0) is 0 Å². The van der Waals surface area contributed by atoms with Crippen molar-refractivity contribution < 1.29 is 0 Å². The van der Waals surface area contributed by atoms with Crippen LogP contribution in [0.2, 0.25) is 0 Å². The van der Waals surface area contributed by atoms with Crippen molar-refractivity contribution >= 4 is 21.6 Å². The van der Waals surface area contributed by atoms with E-state index < -0.39 is 0 Å². The highest BCUT2D eigenvalue weighted by Crippen LogP contribution is 2.22. The normalized spacial score (nSPS) is 13.7. The van der Waals surface area contributed by atoms with E-state index in [9.17, 15) is 0 Å². The predicted molar refractivity (Wildman–Crippen MR) is 136 cm³/mol. The van der Waals surface area contributed by atoms with Gasteiger partial charge in [0.2, 0.25) is 0 Å². The summed E-state index contributed by atoms with van der Waals surface area (Å²) in [5.74, 6) is 2.30. The van der Waals surface area contributed by atoms with E-state index in [2.05, 4.69) is 95.2 Å². The maximum absolute atomic E-state index is 3.44. The Bertz CT molecular complexity index is 612. The lowest BCUT2D eigenvalue weighted by Gasteiger charge is -2.24. The average molecular weight is 447 g/mol. The lowest BCUT2D eigenvalue weighted by Crippen LogP contribution is -2.32. The molecule has 166 valence electrons. The van der Waals surface area contributed by atoms with E-state index in [1.165, 1.54) is 11.1 Å². The largest absolute Gasteiger partial charge is 0.312 e. The Balaban J connectivity index is 1.57. The number of nitrogens with zero attached hydrogens (tertiary/aromatic N) is 2. The molecule has 0 aliphatic carbocycles. The molecule has 0 spiro atoms. The number of rotatable bonds is 15. The fourth-order valence-corrected chi connectivity index (χ4v) is 5.57. The van der Waals surface area contributed by atoms with Crippen molar-refractivity contribution in [2.24, 2.45) is 0 Å². The molecule has 0 heterocycles. The highest BCUT2D eigenvalue weighted by atomic mass is 33.1. The Labute approximate surface area is 191 Å². The number of hydrogen-bond donors (Lipinski definition) is 2. The molecule has 0 aliphatic heterocycles. The van der Waals surface area contributed by atoms with Crippen molar-refractivity contribution in [1.29, 1.82) is 0 Å². The van der Waals surface area contributed by atoms with Crippen molar-refractivity contribution in [3.63, 3.8) is 0 Å². The zero-order chi connectivity index (χ0) is 21.6. The molecule has 0 fully saturated rings. The van der Waals surface area contributed by atoms with Gasteiger partial charge in [-0.15, -0.1) is 0 Å². The Morgan fingerprint density at radius 1 is 0.667 bits per heavy atom. The summed E-state index contributed by atoms with van der Waals surface area (Å²) < 4.78 is 0. The Hall–Kier alpha value is -1.02. The molecule has 0 saturated heterocycles. The second-order valence-corrected chi connectivity index (χ2v) is 10.4. The molecule has 2 N–H and O–H groups in total. The molecule has 0 aromatic heterocycles. The SMILES string of the molecule is CNC(CN(C)CCSSCCN(C)CC(NC)c1ccccc1)c1ccccc1. The van der Waals surface area contributed by atoms with Crippen molar-refractivity contribution in [1.82, 2.24) is 20.4 Å². The van der Waals surface area contributed by atoms with Gasteiger partial charge in [0.25, 0.3) is 0 Å². The first-order valence-electron chi connectivity index (χ1n) is 10.7. The third-order valence-electron chi connectivity index (χ3n) is 5.29. The minimum absolute atomic E-state index is 0.382. The average Bonchev–Trinajstić information content (AvgIpc) is 2.79. The lowest BCUT2D eigenvalue weighted by atomic mass is 10.1. The van der Waals surface area contributed by atoms with Gasteiger partial charge in [0, 0.05) is 49.8 Å². The fraction of sp³-hybridized carbons (Fsp3) is 0.500. The van der Waals surface area contributed by atoms with Gasteiger partial charge in [-0.3, -0.25) is 0 Å². The maximum atomic E-state index is 3.44. The topological polar surface area (TPSA) is 30.5 Å². The van der Waals surface area contributed by atoms with Crippen molar-refractivity contribution in [2.75, 3.05) is 65.9 Å². The summed E-state index contributed by atoms with van der Waals surface area (Å²) in [4.78, 5) is 4.84. The second-order valence-electron chi connectivity index (χ2n) is 7.67. The summed E-state index contributed by atoms with van der Waals surface area (Å²) in [7, 11) is 12.5. The third-order valence-corrected chi connectivity index (χ3v) is 7.65. The molecular formula is C24H38N4S2. The fourth-order valence-electron chi connectivity index (χ4n) is 3.41. The minimum Gasteiger partial charge on any atom is -0.312 e. The van der Waals surface area contributed by atoms with E-state index in [1.807, 2.05) is 35.7 Å². The van der Waals surface area contributed by atoms with E-state index >= 15 is 0 Å². The molecule has 2 aromatic rings. The van der Waals surface area contributed by atoms with E-state index in [0.29, 0.717) is 12.1 Å². The van der Waals surface area contributed by atoms with E-state index in [4.69, 9.17) is 0 Å². The van der Waals surface area contributed by atoms with Crippen LogP contribution >= 0.6 is 21.6 Å². The van der Waals surface area contributed by atoms with Crippen LogP contribution in [0, 0.1) is 0 Å². The smallest absolute Gasteiger partial charge is 0.0446 e. The molecule has 30 heavy (non-hydrogen) atoms. The highest BCUT2D eigenvalue weighted by Gasteiger charge is 2.12. The van der Waals surface area contributed by atoms with E-state index in [-0.39, 0.29) is 0 Å². The van der Waals surface area contributed by atoms with E-state index in [0.717, 1.165) is 37.7 Å². The quantitative estimate of drug-likeness (QED) is 0.316. The zero-order valence-electron chi connectivity index (χ0n) is 18.9. The summed E-state index contributed by atoms with van der Waals surface area (Å²) >= 11 is 0. The number of benzene rings is 2. The van der Waals surface area contributed by atoms with Gasteiger partial charge in [0.1, 0.15) is 0 Å². The Morgan fingerprint density at radius 2 is 1.03 bits per heavy atom. The summed E-state index contributed by atoms with van der Waals surface area (Å²) in [5.41, 5.74) is 2.71. The van der Waals surface area contributed by atoms with Crippen LogP contribution < -0.4 is 10.6 Å². The maximum Gasteiger partial charge on any atom is 0.0446 e. The van der Waals surface area contributed by atoms with Gasteiger partial charge in [0.05, 0.1) is 0 Å². The molecule has 0 bridgehead atoms. The molecule has 2 unspecified atom stereocenters. The molecule has 0 amide bonds. The van der Waals surface area contributed by atoms with Crippen molar-refractivity contribution in [2.45, 2.75) is 12.1 Å². The Morgan fingerprint density at radius 3 is 1.37 bits per heavy atom. The van der Waals surface area contributed by atoms with Gasteiger partial charge in [-0.05, 0) is 39.3 Å². The third kappa shape index (κ3) is 9.41. The molecule has 4 nitrogen and oxygen atoms in total. The first-order chi connectivity index (χ1) is 14.6. The summed E-state index contributed by atoms with van der Waals surface area (Å²) in [5, 5.41) is 6.88. The van der Waals surface area contributed by atoms with Crippen molar-refractivity contribution in [3.05, 3.63) is 71.8 Å². The highest BCUT2D eigenvalue weighted by molar-refractivity contribution is 8.76.